The Kier molecular flexibility index (Phi) is 3.33. The Bertz CT molecular complexity index is 1280. The third-order valence-corrected chi connectivity index (χ3v) is 6.81. The number of fused-ring (bicyclic) bond motifs is 2. The molecule has 0 bridgehead atoms. The molecule has 1 spiro atoms. The lowest BCUT2D eigenvalue weighted by Crippen LogP contribution is -2.38. The first-order valence-electron chi connectivity index (χ1n) is 9.93. The molecule has 4 aromatic rings. The lowest BCUT2D eigenvalue weighted by Gasteiger charge is -2.46. The molecule has 3 aliphatic rings. The SMILES string of the molecule is OP1Oc2cccc3c2C2(c4ccccc4O3)c3ccccc3Oc3cccc(c32)O1. The zero-order valence-electron chi connectivity index (χ0n) is 16.1. The third-order valence-electron chi connectivity index (χ3n) is 6.10. The lowest BCUT2D eigenvalue weighted by molar-refractivity contribution is 0.343. The maximum absolute atomic E-state index is 10.6. The van der Waals surface area contributed by atoms with E-state index in [0.717, 1.165) is 33.8 Å². The summed E-state index contributed by atoms with van der Waals surface area (Å²) in [4.78, 5) is 10.6. The number of hydrogen-bond acceptors (Lipinski definition) is 5. The Morgan fingerprint density at radius 3 is 1.45 bits per heavy atom. The van der Waals surface area contributed by atoms with Crippen molar-refractivity contribution in [3.8, 4) is 34.5 Å². The van der Waals surface area contributed by atoms with E-state index in [1.807, 2.05) is 72.8 Å². The molecular weight excluding hydrogens is 411 g/mol. The Morgan fingerprint density at radius 1 is 0.516 bits per heavy atom. The smallest absolute Gasteiger partial charge is 0.457 e. The van der Waals surface area contributed by atoms with Gasteiger partial charge in [-0.05, 0) is 36.4 Å². The summed E-state index contributed by atoms with van der Waals surface area (Å²) in [7, 11) is -2.18. The van der Waals surface area contributed by atoms with Crippen LogP contribution >= 0.6 is 8.60 Å². The molecule has 0 atom stereocenters. The predicted octanol–water partition coefficient (Wildman–Crippen LogP) is 6.27. The van der Waals surface area contributed by atoms with Gasteiger partial charge in [0.05, 0.1) is 16.5 Å². The summed E-state index contributed by atoms with van der Waals surface area (Å²) >= 11 is 0. The summed E-state index contributed by atoms with van der Waals surface area (Å²) in [5.74, 6) is 3.93. The Morgan fingerprint density at radius 2 is 0.935 bits per heavy atom. The van der Waals surface area contributed by atoms with Crippen LogP contribution in [0.3, 0.4) is 0 Å². The molecule has 0 unspecified atom stereocenters. The quantitative estimate of drug-likeness (QED) is 0.290. The van der Waals surface area contributed by atoms with Crippen molar-refractivity contribution in [3.63, 3.8) is 0 Å². The van der Waals surface area contributed by atoms with Gasteiger partial charge in [0.25, 0.3) is 0 Å². The largest absolute Gasteiger partial charge is 0.460 e. The molecule has 4 aromatic carbocycles. The van der Waals surface area contributed by atoms with Crippen LogP contribution in [0.25, 0.3) is 0 Å². The van der Waals surface area contributed by atoms with Crippen LogP contribution in [0, 0.1) is 0 Å². The van der Waals surface area contributed by atoms with E-state index in [0.29, 0.717) is 23.0 Å². The number of ether oxygens (including phenoxy) is 2. The van der Waals surface area contributed by atoms with Crippen LogP contribution in [-0.4, -0.2) is 4.89 Å². The topological polar surface area (TPSA) is 57.2 Å². The Labute approximate surface area is 179 Å². The van der Waals surface area contributed by atoms with Crippen molar-refractivity contribution in [2.75, 3.05) is 0 Å². The highest BCUT2D eigenvalue weighted by atomic mass is 31.2. The minimum atomic E-state index is -2.18. The van der Waals surface area contributed by atoms with Crippen molar-refractivity contribution in [1.29, 1.82) is 0 Å². The maximum Gasteiger partial charge on any atom is 0.460 e. The lowest BCUT2D eigenvalue weighted by atomic mass is 9.62. The fourth-order valence-electron chi connectivity index (χ4n) is 5.05. The van der Waals surface area contributed by atoms with Crippen LogP contribution in [-0.2, 0) is 5.41 Å². The molecule has 0 aromatic heterocycles. The summed E-state index contributed by atoms with van der Waals surface area (Å²) in [5.41, 5.74) is 2.82. The van der Waals surface area contributed by atoms with Gasteiger partial charge in [-0.2, -0.15) is 0 Å². The zero-order chi connectivity index (χ0) is 20.6. The van der Waals surface area contributed by atoms with E-state index in [9.17, 15) is 4.89 Å². The molecule has 7 rings (SSSR count). The molecule has 0 radical (unpaired) electrons. The van der Waals surface area contributed by atoms with E-state index in [1.54, 1.807) is 0 Å². The van der Waals surface area contributed by atoms with Crippen LogP contribution in [0.15, 0.2) is 84.9 Å². The van der Waals surface area contributed by atoms with E-state index in [4.69, 9.17) is 18.5 Å². The Hall–Kier alpha value is -3.53. The molecule has 0 aliphatic carbocycles. The van der Waals surface area contributed by atoms with Gasteiger partial charge in [0.15, 0.2) is 0 Å². The standard InChI is InChI=1S/C25H15O5P/c26-31-29-21-13-5-11-19-23(21)25(15-7-1-3-9-17(15)27-19)16-8-2-4-10-18(16)28-20-12-6-14-22(30-31)24(20)25/h1-14,26H. The molecule has 5 nitrogen and oxygen atoms in total. The molecule has 0 saturated carbocycles. The van der Waals surface area contributed by atoms with Crippen LogP contribution in [0.4, 0.5) is 0 Å². The molecule has 6 heteroatoms. The van der Waals surface area contributed by atoms with E-state index in [-0.39, 0.29) is 0 Å². The van der Waals surface area contributed by atoms with Gasteiger partial charge in [0.1, 0.15) is 34.5 Å². The summed E-state index contributed by atoms with van der Waals surface area (Å²) in [5, 5.41) is 0. The van der Waals surface area contributed by atoms with Crippen molar-refractivity contribution >= 4 is 8.60 Å². The van der Waals surface area contributed by atoms with Crippen LogP contribution in [0.5, 0.6) is 34.5 Å². The van der Waals surface area contributed by atoms with Crippen LogP contribution in [0.2, 0.25) is 0 Å². The Balaban J connectivity index is 1.76. The van der Waals surface area contributed by atoms with Gasteiger partial charge in [-0.3, -0.25) is 0 Å². The van der Waals surface area contributed by atoms with Gasteiger partial charge in [-0.25, -0.2) is 0 Å². The molecule has 150 valence electrons. The first-order chi connectivity index (χ1) is 15.3. The van der Waals surface area contributed by atoms with Gasteiger partial charge in [-0.1, -0.05) is 48.5 Å². The first-order valence-corrected chi connectivity index (χ1v) is 11.1. The molecule has 3 aliphatic heterocycles. The molecule has 0 saturated heterocycles. The maximum atomic E-state index is 10.6. The third kappa shape index (κ3) is 2.12. The molecular formula is C25H15O5P. The van der Waals surface area contributed by atoms with Crippen LogP contribution < -0.4 is 18.5 Å². The van der Waals surface area contributed by atoms with Gasteiger partial charge >= 0.3 is 8.60 Å². The average Bonchev–Trinajstić information content (AvgIpc) is 2.78. The summed E-state index contributed by atoms with van der Waals surface area (Å²) in [6.07, 6.45) is 0. The second-order valence-corrected chi connectivity index (χ2v) is 8.47. The first kappa shape index (κ1) is 17.2. The van der Waals surface area contributed by atoms with E-state index in [1.165, 1.54) is 0 Å². The van der Waals surface area contributed by atoms with E-state index >= 15 is 0 Å². The highest BCUT2D eigenvalue weighted by molar-refractivity contribution is 7.41. The average molecular weight is 426 g/mol. The minimum Gasteiger partial charge on any atom is -0.457 e. The number of rotatable bonds is 0. The highest BCUT2D eigenvalue weighted by Crippen LogP contribution is 2.66. The number of benzene rings is 4. The fourth-order valence-corrected chi connectivity index (χ4v) is 5.73. The van der Waals surface area contributed by atoms with Gasteiger partial charge in [-0.15, -0.1) is 0 Å². The fraction of sp³-hybridized carbons (Fsp3) is 0.0400. The molecule has 3 heterocycles. The predicted molar refractivity (Wildman–Crippen MR) is 115 cm³/mol. The second kappa shape index (κ2) is 6.01. The molecule has 1 N–H and O–H groups in total. The monoisotopic (exact) mass is 426 g/mol. The molecule has 0 fully saturated rings. The number of para-hydroxylation sites is 2. The van der Waals surface area contributed by atoms with Crippen molar-refractivity contribution in [3.05, 3.63) is 107 Å². The summed E-state index contributed by atoms with van der Waals surface area (Å²) in [6.45, 7) is 0. The number of hydrogen-bond donors (Lipinski definition) is 1. The minimum absolute atomic E-state index is 0.526. The summed E-state index contributed by atoms with van der Waals surface area (Å²) in [6, 6.07) is 27.3. The normalized spacial score (nSPS) is 16.4. The highest BCUT2D eigenvalue weighted by Gasteiger charge is 2.54. The van der Waals surface area contributed by atoms with Crippen LogP contribution in [0.1, 0.15) is 22.3 Å². The van der Waals surface area contributed by atoms with E-state index < -0.39 is 14.0 Å². The van der Waals surface area contributed by atoms with Crippen molar-refractivity contribution in [2.24, 2.45) is 0 Å². The van der Waals surface area contributed by atoms with Gasteiger partial charge < -0.3 is 23.4 Å². The van der Waals surface area contributed by atoms with E-state index in [2.05, 4.69) is 12.1 Å². The summed E-state index contributed by atoms with van der Waals surface area (Å²) < 4.78 is 24.6. The van der Waals surface area contributed by atoms with Crippen molar-refractivity contribution in [1.82, 2.24) is 0 Å². The second-order valence-electron chi connectivity index (χ2n) is 7.63. The van der Waals surface area contributed by atoms with Crippen molar-refractivity contribution < 1.29 is 23.4 Å². The zero-order valence-corrected chi connectivity index (χ0v) is 17.0. The molecule has 0 amide bonds. The van der Waals surface area contributed by atoms with Gasteiger partial charge in [0, 0.05) is 11.1 Å². The van der Waals surface area contributed by atoms with Crippen molar-refractivity contribution in [2.45, 2.75) is 5.41 Å². The molecule has 31 heavy (non-hydrogen) atoms. The van der Waals surface area contributed by atoms with Gasteiger partial charge in [0.2, 0.25) is 0 Å².